The topological polar surface area (TPSA) is 34.9 Å². The Hall–Kier alpha value is -1.90. The third kappa shape index (κ3) is 2.81. The van der Waals surface area contributed by atoms with Crippen molar-refractivity contribution in [2.75, 3.05) is 0 Å². The minimum atomic E-state index is 0.182. The van der Waals surface area contributed by atoms with Crippen molar-refractivity contribution in [3.8, 4) is 0 Å². The summed E-state index contributed by atoms with van der Waals surface area (Å²) >= 11 is 0. The Morgan fingerprint density at radius 1 is 1.29 bits per heavy atom. The number of rotatable bonds is 5. The van der Waals surface area contributed by atoms with Gasteiger partial charge in [0, 0.05) is 37.3 Å². The molecule has 0 saturated carbocycles. The van der Waals surface area contributed by atoms with Crippen LogP contribution in [-0.2, 0) is 13.0 Å². The molecule has 1 aromatic carbocycles. The third-order valence-corrected chi connectivity index (χ3v) is 2.79. The van der Waals surface area contributed by atoms with E-state index in [0.717, 1.165) is 17.8 Å². The lowest BCUT2D eigenvalue weighted by atomic mass is 10.1. The van der Waals surface area contributed by atoms with Gasteiger partial charge in [-0.15, -0.1) is 0 Å². The zero-order valence-corrected chi connectivity index (χ0v) is 9.97. The molecule has 3 heteroatoms. The molecule has 0 unspecified atom stereocenters. The summed E-state index contributed by atoms with van der Waals surface area (Å²) in [6, 6.07) is 9.42. The van der Waals surface area contributed by atoms with Crippen LogP contribution in [0.5, 0.6) is 0 Å². The molecule has 0 aliphatic rings. The summed E-state index contributed by atoms with van der Waals surface area (Å²) < 4.78 is 2.04. The van der Waals surface area contributed by atoms with Crippen molar-refractivity contribution < 1.29 is 4.79 Å². The van der Waals surface area contributed by atoms with Crippen molar-refractivity contribution in [3.63, 3.8) is 0 Å². The number of Topliss-reactive ketones (excluding diaryl/α,β-unsaturated/α-hetero) is 1. The summed E-state index contributed by atoms with van der Waals surface area (Å²) in [7, 11) is 0. The fraction of sp³-hybridized carbons (Fsp3) is 0.286. The summed E-state index contributed by atoms with van der Waals surface area (Å²) in [5.74, 6) is 1.22. The highest BCUT2D eigenvalue weighted by atomic mass is 16.1. The van der Waals surface area contributed by atoms with E-state index >= 15 is 0 Å². The molecule has 0 saturated heterocycles. The summed E-state index contributed by atoms with van der Waals surface area (Å²) in [6.45, 7) is 2.77. The second-order valence-corrected chi connectivity index (χ2v) is 3.93. The molecule has 2 rings (SSSR count). The quantitative estimate of drug-likeness (QED) is 0.737. The molecule has 0 radical (unpaired) electrons. The van der Waals surface area contributed by atoms with E-state index in [1.807, 2.05) is 41.1 Å². The van der Waals surface area contributed by atoms with E-state index in [-0.39, 0.29) is 5.78 Å². The third-order valence-electron chi connectivity index (χ3n) is 2.79. The van der Waals surface area contributed by atoms with Gasteiger partial charge in [0.05, 0.1) is 0 Å². The number of aryl methyl sites for hydroxylation is 2. The fourth-order valence-electron chi connectivity index (χ4n) is 1.85. The average Bonchev–Trinajstić information content (AvgIpc) is 2.84. The molecule has 0 bridgehead atoms. The summed E-state index contributed by atoms with van der Waals surface area (Å²) in [6.07, 6.45) is 5.13. The largest absolute Gasteiger partial charge is 0.334 e. The van der Waals surface area contributed by atoms with Crippen LogP contribution in [0.1, 0.15) is 29.5 Å². The summed E-state index contributed by atoms with van der Waals surface area (Å²) in [4.78, 5) is 16.1. The molecule has 3 nitrogen and oxygen atoms in total. The number of carbonyl (C=O) groups excluding carboxylic acids is 1. The van der Waals surface area contributed by atoms with E-state index in [2.05, 4.69) is 11.9 Å². The van der Waals surface area contributed by atoms with E-state index < -0.39 is 0 Å². The van der Waals surface area contributed by atoms with Crippen molar-refractivity contribution >= 4 is 5.78 Å². The molecule has 0 aliphatic heterocycles. The monoisotopic (exact) mass is 228 g/mol. The van der Waals surface area contributed by atoms with E-state index in [1.54, 1.807) is 6.20 Å². The minimum Gasteiger partial charge on any atom is -0.334 e. The predicted molar refractivity (Wildman–Crippen MR) is 67.0 cm³/mol. The number of carbonyl (C=O) groups is 1. The standard InChI is InChI=1S/C14H16N2O/c1-2-14-15-9-11-16(14)10-8-13(17)12-6-4-3-5-7-12/h3-7,9,11H,2,8,10H2,1H3. The van der Waals surface area contributed by atoms with Crippen LogP contribution < -0.4 is 0 Å². The zero-order chi connectivity index (χ0) is 12.1. The lowest BCUT2D eigenvalue weighted by molar-refractivity contribution is 0.0977. The van der Waals surface area contributed by atoms with Gasteiger partial charge in [-0.3, -0.25) is 4.79 Å². The SMILES string of the molecule is CCc1nccn1CCC(=O)c1ccccc1. The van der Waals surface area contributed by atoms with E-state index in [4.69, 9.17) is 0 Å². The Balaban J connectivity index is 1.97. The van der Waals surface area contributed by atoms with Gasteiger partial charge in [0.15, 0.2) is 5.78 Å². The van der Waals surface area contributed by atoms with Gasteiger partial charge in [-0.05, 0) is 0 Å². The first-order valence-electron chi connectivity index (χ1n) is 5.89. The summed E-state index contributed by atoms with van der Waals surface area (Å²) in [5.41, 5.74) is 0.783. The first kappa shape index (κ1) is 11.6. The van der Waals surface area contributed by atoms with Crippen molar-refractivity contribution in [2.45, 2.75) is 26.3 Å². The van der Waals surface area contributed by atoms with Crippen LogP contribution in [0.25, 0.3) is 0 Å². The maximum absolute atomic E-state index is 11.9. The Bertz CT molecular complexity index is 488. The molecule has 0 spiro atoms. The lowest BCUT2D eigenvalue weighted by Crippen LogP contribution is -2.07. The van der Waals surface area contributed by atoms with Gasteiger partial charge in [-0.2, -0.15) is 0 Å². The highest BCUT2D eigenvalue weighted by Gasteiger charge is 2.06. The highest BCUT2D eigenvalue weighted by Crippen LogP contribution is 2.06. The number of aromatic nitrogens is 2. The van der Waals surface area contributed by atoms with Gasteiger partial charge in [0.25, 0.3) is 0 Å². The van der Waals surface area contributed by atoms with Crippen LogP contribution >= 0.6 is 0 Å². The maximum atomic E-state index is 11.9. The van der Waals surface area contributed by atoms with Crippen LogP contribution in [0.3, 0.4) is 0 Å². The van der Waals surface area contributed by atoms with Crippen molar-refractivity contribution in [3.05, 3.63) is 54.1 Å². The molecular formula is C14H16N2O. The average molecular weight is 228 g/mol. The molecule has 0 fully saturated rings. The number of hydrogen-bond donors (Lipinski definition) is 0. The fourth-order valence-corrected chi connectivity index (χ4v) is 1.85. The van der Waals surface area contributed by atoms with E-state index in [1.165, 1.54) is 0 Å². The van der Waals surface area contributed by atoms with Crippen LogP contribution in [0.4, 0.5) is 0 Å². The van der Waals surface area contributed by atoms with Gasteiger partial charge in [-0.1, -0.05) is 37.3 Å². The first-order valence-corrected chi connectivity index (χ1v) is 5.89. The molecule has 17 heavy (non-hydrogen) atoms. The van der Waals surface area contributed by atoms with Crippen LogP contribution in [-0.4, -0.2) is 15.3 Å². The second kappa shape index (κ2) is 5.43. The Morgan fingerprint density at radius 2 is 2.06 bits per heavy atom. The molecule has 0 atom stereocenters. The lowest BCUT2D eigenvalue weighted by Gasteiger charge is -2.05. The Morgan fingerprint density at radius 3 is 2.76 bits per heavy atom. The number of nitrogens with zero attached hydrogens (tertiary/aromatic N) is 2. The molecule has 0 aliphatic carbocycles. The van der Waals surface area contributed by atoms with Crippen LogP contribution in [0.2, 0.25) is 0 Å². The first-order chi connectivity index (χ1) is 8.31. The van der Waals surface area contributed by atoms with Crippen molar-refractivity contribution in [1.29, 1.82) is 0 Å². The van der Waals surface area contributed by atoms with Crippen molar-refractivity contribution in [1.82, 2.24) is 9.55 Å². The van der Waals surface area contributed by atoms with Crippen molar-refractivity contribution in [2.24, 2.45) is 0 Å². The van der Waals surface area contributed by atoms with Gasteiger partial charge >= 0.3 is 0 Å². The number of imidazole rings is 1. The van der Waals surface area contributed by atoms with Gasteiger partial charge in [0.1, 0.15) is 5.82 Å². The molecule has 2 aromatic rings. The smallest absolute Gasteiger partial charge is 0.164 e. The second-order valence-electron chi connectivity index (χ2n) is 3.93. The number of hydrogen-bond acceptors (Lipinski definition) is 2. The Labute approximate surface area is 101 Å². The molecule has 88 valence electrons. The maximum Gasteiger partial charge on any atom is 0.164 e. The predicted octanol–water partition coefficient (Wildman–Crippen LogP) is 2.72. The van der Waals surface area contributed by atoms with E-state index in [0.29, 0.717) is 13.0 Å². The summed E-state index contributed by atoms with van der Waals surface area (Å²) in [5, 5.41) is 0. The van der Waals surface area contributed by atoms with Crippen LogP contribution in [0.15, 0.2) is 42.7 Å². The molecule has 0 amide bonds. The van der Waals surface area contributed by atoms with Crippen LogP contribution in [0, 0.1) is 0 Å². The highest BCUT2D eigenvalue weighted by molar-refractivity contribution is 5.95. The minimum absolute atomic E-state index is 0.182. The zero-order valence-electron chi connectivity index (χ0n) is 9.97. The van der Waals surface area contributed by atoms with Gasteiger partial charge in [-0.25, -0.2) is 4.98 Å². The van der Waals surface area contributed by atoms with Gasteiger partial charge < -0.3 is 4.57 Å². The molecule has 0 N–H and O–H groups in total. The molecular weight excluding hydrogens is 212 g/mol. The number of ketones is 1. The van der Waals surface area contributed by atoms with E-state index in [9.17, 15) is 4.79 Å². The number of benzene rings is 1. The Kier molecular flexibility index (Phi) is 3.70. The normalized spacial score (nSPS) is 10.4. The molecule has 1 heterocycles. The molecule has 1 aromatic heterocycles. The van der Waals surface area contributed by atoms with Gasteiger partial charge in [0.2, 0.25) is 0 Å².